The first-order valence-corrected chi connectivity index (χ1v) is 13.8. The molecule has 1 fully saturated rings. The van der Waals surface area contributed by atoms with E-state index >= 15 is 0 Å². The number of thiazole rings is 1. The molecule has 2 aromatic heterocycles. The van der Waals surface area contributed by atoms with Crippen LogP contribution in [0, 0.1) is 11.7 Å². The van der Waals surface area contributed by atoms with Gasteiger partial charge in [0, 0.05) is 5.69 Å². The van der Waals surface area contributed by atoms with Gasteiger partial charge in [-0.2, -0.15) is 13.2 Å². The number of benzene rings is 2. The average molecular weight is 604 g/mol. The number of fused-ring (bicyclic) bond motifs is 2. The Balaban J connectivity index is 1.38. The van der Waals surface area contributed by atoms with Gasteiger partial charge >= 0.3 is 11.0 Å². The van der Waals surface area contributed by atoms with Crippen molar-refractivity contribution in [2.45, 2.75) is 28.9 Å². The lowest BCUT2D eigenvalue weighted by atomic mass is 9.87. The SMILES string of the molecule is O=C(Cn1c2c(sc1=O)C(c1ccco1)C1C(=O)N(c3cccc(C(F)(F)F)c3)C(=O)C1S2)Nc1ccc(F)cc1. The number of nitrogens with one attached hydrogen (secondary N) is 1. The largest absolute Gasteiger partial charge is 0.469 e. The van der Waals surface area contributed by atoms with Crippen LogP contribution in [0.2, 0.25) is 0 Å². The first kappa shape index (κ1) is 27.0. The van der Waals surface area contributed by atoms with Gasteiger partial charge in [-0.15, -0.1) is 0 Å². The Kier molecular flexibility index (Phi) is 6.61. The Hall–Kier alpha value is -4.17. The van der Waals surface area contributed by atoms with Crippen molar-refractivity contribution in [3.05, 3.63) is 98.6 Å². The van der Waals surface area contributed by atoms with Crippen molar-refractivity contribution in [3.63, 3.8) is 0 Å². The number of nitrogens with zero attached hydrogens (tertiary/aromatic N) is 2. The molecule has 4 heterocycles. The second-order valence-electron chi connectivity index (χ2n) is 9.30. The molecule has 14 heteroatoms. The van der Waals surface area contributed by atoms with Gasteiger partial charge in [-0.1, -0.05) is 29.2 Å². The zero-order chi connectivity index (χ0) is 29.1. The molecule has 3 unspecified atom stereocenters. The van der Waals surface area contributed by atoms with Gasteiger partial charge in [-0.05, 0) is 54.6 Å². The topological polar surface area (TPSA) is 102 Å². The number of hydrogen-bond acceptors (Lipinski definition) is 7. The van der Waals surface area contributed by atoms with Crippen LogP contribution >= 0.6 is 23.1 Å². The van der Waals surface area contributed by atoms with E-state index in [4.69, 9.17) is 4.42 Å². The summed E-state index contributed by atoms with van der Waals surface area (Å²) in [5.74, 6) is -4.21. The van der Waals surface area contributed by atoms with Crippen LogP contribution < -0.4 is 15.1 Å². The molecular weight excluding hydrogens is 586 g/mol. The van der Waals surface area contributed by atoms with Crippen molar-refractivity contribution in [2.75, 3.05) is 10.2 Å². The Bertz CT molecular complexity index is 1730. The molecule has 3 atom stereocenters. The molecule has 2 aliphatic heterocycles. The number of alkyl halides is 3. The highest BCUT2D eigenvalue weighted by molar-refractivity contribution is 8.00. The molecule has 6 rings (SSSR count). The van der Waals surface area contributed by atoms with Crippen LogP contribution in [0.5, 0.6) is 0 Å². The number of carbonyl (C=O) groups is 3. The van der Waals surface area contributed by atoms with Gasteiger partial charge in [0.1, 0.15) is 23.4 Å². The molecular formula is C27H17F4N3O5S2. The van der Waals surface area contributed by atoms with E-state index in [1.165, 1.54) is 29.0 Å². The predicted molar refractivity (Wildman–Crippen MR) is 141 cm³/mol. The molecule has 210 valence electrons. The fourth-order valence-corrected chi connectivity index (χ4v) is 7.74. The first-order valence-electron chi connectivity index (χ1n) is 12.1. The van der Waals surface area contributed by atoms with E-state index < -0.39 is 63.8 Å². The molecule has 1 N–H and O–H groups in total. The standard InChI is InChI=1S/C27H17F4N3O5S2/c28-14-6-8-15(9-7-14)32-18(35)12-33-25-22(41-26(33)38)19(17-5-2-10-39-17)20-21(40-25)24(37)34(23(20)36)16-4-1-3-13(11-16)27(29,30)31/h1-11,19-21H,12H2,(H,32,35). The smallest absolute Gasteiger partial charge is 0.416 e. The Morgan fingerprint density at radius 1 is 1.00 bits per heavy atom. The fourth-order valence-electron chi connectivity index (χ4n) is 4.98. The van der Waals surface area contributed by atoms with E-state index in [1.807, 2.05) is 0 Å². The van der Waals surface area contributed by atoms with Crippen LogP contribution in [-0.4, -0.2) is 27.5 Å². The summed E-state index contributed by atoms with van der Waals surface area (Å²) in [5.41, 5.74) is -0.925. The van der Waals surface area contributed by atoms with Gasteiger partial charge in [0.25, 0.3) is 0 Å². The predicted octanol–water partition coefficient (Wildman–Crippen LogP) is 5.10. The molecule has 0 spiro atoms. The van der Waals surface area contributed by atoms with Crippen LogP contribution in [0.1, 0.15) is 22.1 Å². The van der Waals surface area contributed by atoms with Crippen molar-refractivity contribution >= 4 is 52.2 Å². The lowest BCUT2D eigenvalue weighted by Gasteiger charge is -2.29. The number of rotatable bonds is 5. The van der Waals surface area contributed by atoms with Crippen LogP contribution in [0.15, 0.2) is 81.2 Å². The lowest BCUT2D eigenvalue weighted by Crippen LogP contribution is -2.32. The second kappa shape index (κ2) is 10.0. The molecule has 2 aliphatic rings. The van der Waals surface area contributed by atoms with Crippen molar-refractivity contribution in [2.24, 2.45) is 5.92 Å². The van der Waals surface area contributed by atoms with Gasteiger partial charge in [-0.25, -0.2) is 9.29 Å². The molecule has 0 aliphatic carbocycles. The van der Waals surface area contributed by atoms with E-state index in [0.717, 1.165) is 58.3 Å². The highest BCUT2D eigenvalue weighted by Gasteiger charge is 2.57. The number of furan rings is 1. The Morgan fingerprint density at radius 2 is 1.76 bits per heavy atom. The summed E-state index contributed by atoms with van der Waals surface area (Å²) >= 11 is 1.71. The normalized spacial score (nSPS) is 20.2. The van der Waals surface area contributed by atoms with E-state index in [1.54, 1.807) is 12.1 Å². The van der Waals surface area contributed by atoms with Crippen molar-refractivity contribution in [1.82, 2.24) is 4.57 Å². The van der Waals surface area contributed by atoms with Gasteiger partial charge in [0.2, 0.25) is 17.7 Å². The molecule has 2 aromatic carbocycles. The van der Waals surface area contributed by atoms with Crippen LogP contribution in [-0.2, 0) is 27.1 Å². The van der Waals surface area contributed by atoms with Crippen LogP contribution in [0.4, 0.5) is 28.9 Å². The number of imide groups is 1. The monoisotopic (exact) mass is 603 g/mol. The quantitative estimate of drug-likeness (QED) is 0.252. The summed E-state index contributed by atoms with van der Waals surface area (Å²) in [4.78, 5) is 53.9. The minimum atomic E-state index is -4.69. The maximum atomic E-state index is 13.7. The summed E-state index contributed by atoms with van der Waals surface area (Å²) in [6, 6.07) is 12.2. The number of aromatic nitrogens is 1. The van der Waals surface area contributed by atoms with Crippen LogP contribution in [0.3, 0.4) is 0 Å². The van der Waals surface area contributed by atoms with E-state index in [0.29, 0.717) is 10.6 Å². The zero-order valence-corrected chi connectivity index (χ0v) is 22.2. The zero-order valence-electron chi connectivity index (χ0n) is 20.6. The van der Waals surface area contributed by atoms with Crippen molar-refractivity contribution in [1.29, 1.82) is 0 Å². The summed E-state index contributed by atoms with van der Waals surface area (Å²) in [6.07, 6.45) is -3.32. The number of anilines is 2. The minimum absolute atomic E-state index is 0.220. The molecule has 0 saturated carbocycles. The van der Waals surface area contributed by atoms with Crippen LogP contribution in [0.25, 0.3) is 0 Å². The Morgan fingerprint density at radius 3 is 2.44 bits per heavy atom. The Labute approximate surface area is 236 Å². The van der Waals surface area contributed by atoms with E-state index in [-0.39, 0.29) is 16.5 Å². The van der Waals surface area contributed by atoms with Gasteiger partial charge in [0.05, 0.1) is 39.3 Å². The molecule has 8 nitrogen and oxygen atoms in total. The number of thioether (sulfide) groups is 1. The molecule has 1 saturated heterocycles. The maximum absolute atomic E-state index is 13.7. The second-order valence-corrected chi connectivity index (χ2v) is 11.4. The summed E-state index contributed by atoms with van der Waals surface area (Å²) in [5, 5.41) is 1.76. The molecule has 4 aromatic rings. The maximum Gasteiger partial charge on any atom is 0.416 e. The molecule has 41 heavy (non-hydrogen) atoms. The number of carbonyl (C=O) groups excluding carboxylic acids is 3. The number of halogens is 4. The number of amides is 3. The lowest BCUT2D eigenvalue weighted by molar-refractivity contribution is -0.137. The fraction of sp³-hybridized carbons (Fsp3) is 0.185. The molecule has 3 amide bonds. The van der Waals surface area contributed by atoms with Crippen molar-refractivity contribution < 1.29 is 36.4 Å². The minimum Gasteiger partial charge on any atom is -0.469 e. The summed E-state index contributed by atoms with van der Waals surface area (Å²) < 4.78 is 60.2. The summed E-state index contributed by atoms with van der Waals surface area (Å²) in [6.45, 7) is -0.434. The molecule has 0 radical (unpaired) electrons. The van der Waals surface area contributed by atoms with Crippen molar-refractivity contribution in [3.8, 4) is 0 Å². The third-order valence-electron chi connectivity index (χ3n) is 6.76. The van der Waals surface area contributed by atoms with Gasteiger partial charge < -0.3 is 9.73 Å². The van der Waals surface area contributed by atoms with Gasteiger partial charge in [-0.3, -0.25) is 23.7 Å². The number of hydrogen-bond donors (Lipinski definition) is 1. The highest BCUT2D eigenvalue weighted by atomic mass is 32.2. The highest BCUT2D eigenvalue weighted by Crippen LogP contribution is 2.54. The third kappa shape index (κ3) is 4.76. The average Bonchev–Trinajstić information content (AvgIpc) is 3.62. The molecule has 0 bridgehead atoms. The van der Waals surface area contributed by atoms with E-state index in [9.17, 15) is 36.7 Å². The van der Waals surface area contributed by atoms with E-state index in [2.05, 4.69) is 5.32 Å². The third-order valence-corrected chi connectivity index (χ3v) is 9.36. The first-order chi connectivity index (χ1) is 19.5. The summed E-state index contributed by atoms with van der Waals surface area (Å²) in [7, 11) is 0. The van der Waals surface area contributed by atoms with Gasteiger partial charge in [0.15, 0.2) is 0 Å².